The molecule has 0 spiro atoms. The van der Waals surface area contributed by atoms with E-state index >= 15 is 0 Å². The molecule has 0 saturated carbocycles. The molecule has 0 aliphatic carbocycles. The van der Waals surface area contributed by atoms with Crippen LogP contribution in [0.25, 0.3) is 0 Å². The van der Waals surface area contributed by atoms with E-state index < -0.39 is 24.0 Å². The highest BCUT2D eigenvalue weighted by atomic mass is 19.3. The number of hydrogen-bond donors (Lipinski definition) is 2. The van der Waals surface area contributed by atoms with E-state index in [0.717, 1.165) is 6.08 Å². The zero-order valence-electron chi connectivity index (χ0n) is 16.2. The number of nitrogens with zero attached hydrogens (tertiary/aromatic N) is 2. The van der Waals surface area contributed by atoms with E-state index in [9.17, 15) is 23.5 Å². The van der Waals surface area contributed by atoms with Crippen molar-refractivity contribution in [1.82, 2.24) is 9.80 Å². The molecule has 1 aromatic rings. The van der Waals surface area contributed by atoms with Crippen LogP contribution in [0.3, 0.4) is 0 Å². The fourth-order valence-corrected chi connectivity index (χ4v) is 3.08. The molecule has 2 N–H and O–H groups in total. The number of carbonyl (C=O) groups excluding carboxylic acids is 1. The van der Waals surface area contributed by atoms with Crippen molar-refractivity contribution in [2.75, 3.05) is 33.4 Å². The number of likely N-dealkylation sites (N-methyl/N-ethyl adjacent to an activating group) is 1. The number of aliphatic hydroxyl groups excluding tert-OH is 1. The molecule has 1 saturated heterocycles. The summed E-state index contributed by atoms with van der Waals surface area (Å²) in [6.45, 7) is 0.589. The Morgan fingerprint density at radius 3 is 2.69 bits per heavy atom. The molecule has 0 aromatic heterocycles. The topological polar surface area (TPSA) is 90.3 Å². The summed E-state index contributed by atoms with van der Waals surface area (Å²) < 4.78 is 33.8. The third-order valence-electron chi connectivity index (χ3n) is 4.64. The molecule has 1 aliphatic rings. The number of unbranched alkanes of at least 4 members (excludes halogenated alkanes) is 1. The van der Waals surface area contributed by atoms with Crippen LogP contribution >= 0.6 is 0 Å². The van der Waals surface area contributed by atoms with Crippen LogP contribution < -0.4 is 0 Å². The zero-order chi connectivity index (χ0) is 21.4. The molecule has 2 unspecified atom stereocenters. The first kappa shape index (κ1) is 22.8. The van der Waals surface area contributed by atoms with Gasteiger partial charge < -0.3 is 24.7 Å². The SMILES string of the molecule is CN1CC(C=CC(O)C(F)(F)c2ccccc2)N(CCCCOCC(=O)O)C1=O. The van der Waals surface area contributed by atoms with E-state index in [1.807, 2.05) is 0 Å². The molecule has 160 valence electrons. The normalized spacial score (nSPS) is 18.6. The Morgan fingerprint density at radius 2 is 2.03 bits per heavy atom. The van der Waals surface area contributed by atoms with Gasteiger partial charge in [-0.25, -0.2) is 9.59 Å². The average molecular weight is 412 g/mol. The second-order valence-electron chi connectivity index (χ2n) is 6.90. The molecular weight excluding hydrogens is 386 g/mol. The highest BCUT2D eigenvalue weighted by Crippen LogP contribution is 2.32. The van der Waals surface area contributed by atoms with Crippen molar-refractivity contribution in [1.29, 1.82) is 0 Å². The first-order valence-electron chi connectivity index (χ1n) is 9.34. The summed E-state index contributed by atoms with van der Waals surface area (Å²) in [4.78, 5) is 25.7. The predicted octanol–water partition coefficient (Wildman–Crippen LogP) is 2.31. The monoisotopic (exact) mass is 412 g/mol. The summed E-state index contributed by atoms with van der Waals surface area (Å²) in [6, 6.07) is 6.42. The molecule has 1 aromatic carbocycles. The van der Waals surface area contributed by atoms with Crippen molar-refractivity contribution < 1.29 is 33.3 Å². The number of alkyl halides is 2. The molecule has 0 bridgehead atoms. The van der Waals surface area contributed by atoms with Gasteiger partial charge in [0.1, 0.15) is 12.7 Å². The number of amides is 2. The number of carboxylic acid groups (broad SMARTS) is 1. The first-order valence-corrected chi connectivity index (χ1v) is 9.34. The fraction of sp³-hybridized carbons (Fsp3) is 0.500. The van der Waals surface area contributed by atoms with Crippen LogP contribution in [0.5, 0.6) is 0 Å². The fourth-order valence-electron chi connectivity index (χ4n) is 3.08. The summed E-state index contributed by atoms with van der Waals surface area (Å²) in [6.07, 6.45) is 1.59. The minimum atomic E-state index is -3.45. The molecule has 2 rings (SSSR count). The van der Waals surface area contributed by atoms with Crippen molar-refractivity contribution in [3.8, 4) is 0 Å². The second kappa shape index (κ2) is 10.3. The van der Waals surface area contributed by atoms with Gasteiger partial charge in [-0.1, -0.05) is 42.5 Å². The van der Waals surface area contributed by atoms with Crippen LogP contribution in [-0.2, 0) is 15.5 Å². The highest BCUT2D eigenvalue weighted by molar-refractivity contribution is 5.77. The minimum absolute atomic E-state index is 0.226. The van der Waals surface area contributed by atoms with Gasteiger partial charge in [0.15, 0.2) is 0 Å². The molecule has 1 heterocycles. The summed E-state index contributed by atoms with van der Waals surface area (Å²) in [7, 11) is 1.62. The molecule has 1 fully saturated rings. The number of benzene rings is 1. The van der Waals surface area contributed by atoms with Gasteiger partial charge >= 0.3 is 17.9 Å². The number of urea groups is 1. The minimum Gasteiger partial charge on any atom is -0.480 e. The van der Waals surface area contributed by atoms with Crippen LogP contribution in [0, 0.1) is 0 Å². The van der Waals surface area contributed by atoms with Crippen LogP contribution in [0.2, 0.25) is 0 Å². The lowest BCUT2D eigenvalue weighted by Gasteiger charge is -2.23. The summed E-state index contributed by atoms with van der Waals surface area (Å²) >= 11 is 0. The third kappa shape index (κ3) is 6.23. The third-order valence-corrected chi connectivity index (χ3v) is 4.64. The van der Waals surface area contributed by atoms with E-state index in [4.69, 9.17) is 9.84 Å². The Hall–Kier alpha value is -2.52. The Morgan fingerprint density at radius 1 is 1.34 bits per heavy atom. The van der Waals surface area contributed by atoms with Gasteiger partial charge in [-0.3, -0.25) is 0 Å². The standard InChI is InChI=1S/C20H26F2N2O5/c1-23-13-16(24(19(23)28)11-5-6-12-29-14-18(26)27)9-10-17(25)20(21,22)15-7-3-2-4-8-15/h2-4,7-10,16-17,25H,5-6,11-14H2,1H3,(H,26,27). The largest absolute Gasteiger partial charge is 0.480 e. The van der Waals surface area contributed by atoms with Gasteiger partial charge in [0.05, 0.1) is 6.04 Å². The van der Waals surface area contributed by atoms with Crippen LogP contribution in [0.4, 0.5) is 13.6 Å². The number of aliphatic hydroxyl groups is 1. The number of ether oxygens (including phenoxy) is 1. The lowest BCUT2D eigenvalue weighted by molar-refractivity contribution is -0.142. The van der Waals surface area contributed by atoms with Crippen LogP contribution in [0.1, 0.15) is 18.4 Å². The van der Waals surface area contributed by atoms with E-state index in [1.165, 1.54) is 35.2 Å². The lowest BCUT2D eigenvalue weighted by Crippen LogP contribution is -2.35. The highest BCUT2D eigenvalue weighted by Gasteiger charge is 2.39. The molecule has 2 atom stereocenters. The maximum atomic E-state index is 14.4. The quantitative estimate of drug-likeness (QED) is 0.430. The predicted molar refractivity (Wildman–Crippen MR) is 102 cm³/mol. The number of rotatable bonds is 11. The van der Waals surface area contributed by atoms with Gasteiger partial charge in [0.2, 0.25) is 0 Å². The Balaban J connectivity index is 1.92. The number of carboxylic acids is 1. The van der Waals surface area contributed by atoms with Crippen molar-refractivity contribution in [3.05, 3.63) is 48.0 Å². The van der Waals surface area contributed by atoms with Crippen molar-refractivity contribution in [2.24, 2.45) is 0 Å². The van der Waals surface area contributed by atoms with Crippen molar-refractivity contribution in [2.45, 2.75) is 30.9 Å². The van der Waals surface area contributed by atoms with Gasteiger partial charge in [-0.05, 0) is 12.8 Å². The number of carbonyl (C=O) groups is 2. The molecule has 0 radical (unpaired) electrons. The Bertz CT molecular complexity index is 714. The van der Waals surface area contributed by atoms with Gasteiger partial charge in [0.25, 0.3) is 0 Å². The summed E-state index contributed by atoms with van der Waals surface area (Å²) in [5.74, 6) is -4.49. The summed E-state index contributed by atoms with van der Waals surface area (Å²) in [5.41, 5.74) is -0.282. The van der Waals surface area contributed by atoms with E-state index in [2.05, 4.69) is 0 Å². The number of hydrogen-bond acceptors (Lipinski definition) is 4. The first-order chi connectivity index (χ1) is 13.7. The van der Waals surface area contributed by atoms with Crippen LogP contribution in [0.15, 0.2) is 42.5 Å². The molecule has 1 aliphatic heterocycles. The molecule has 7 nitrogen and oxygen atoms in total. The smallest absolute Gasteiger partial charge is 0.329 e. The van der Waals surface area contributed by atoms with Gasteiger partial charge in [-0.15, -0.1) is 0 Å². The van der Waals surface area contributed by atoms with Crippen molar-refractivity contribution >= 4 is 12.0 Å². The number of halogens is 2. The lowest BCUT2D eigenvalue weighted by atomic mass is 10.0. The van der Waals surface area contributed by atoms with E-state index in [-0.39, 0.29) is 24.8 Å². The molecule has 2 amide bonds. The second-order valence-corrected chi connectivity index (χ2v) is 6.90. The van der Waals surface area contributed by atoms with E-state index in [0.29, 0.717) is 25.9 Å². The van der Waals surface area contributed by atoms with Gasteiger partial charge in [0, 0.05) is 32.3 Å². The Kier molecular flexibility index (Phi) is 8.10. The molecule has 29 heavy (non-hydrogen) atoms. The maximum Gasteiger partial charge on any atom is 0.329 e. The summed E-state index contributed by atoms with van der Waals surface area (Å²) in [5, 5.41) is 18.5. The van der Waals surface area contributed by atoms with Crippen LogP contribution in [-0.4, -0.2) is 77.5 Å². The molecule has 9 heteroatoms. The van der Waals surface area contributed by atoms with Gasteiger partial charge in [-0.2, -0.15) is 8.78 Å². The van der Waals surface area contributed by atoms with E-state index in [1.54, 1.807) is 18.0 Å². The maximum absolute atomic E-state index is 14.4. The zero-order valence-corrected chi connectivity index (χ0v) is 16.2. The number of aliphatic carboxylic acids is 1. The molecular formula is C20H26F2N2O5. The average Bonchev–Trinajstić information content (AvgIpc) is 2.96. The van der Waals surface area contributed by atoms with Crippen molar-refractivity contribution in [3.63, 3.8) is 0 Å². The Labute approximate surface area is 168 Å².